The summed E-state index contributed by atoms with van der Waals surface area (Å²) in [6.07, 6.45) is 3.45. The highest BCUT2D eigenvalue weighted by Gasteiger charge is 2.22. The summed E-state index contributed by atoms with van der Waals surface area (Å²) in [6, 6.07) is 12.2. The molecule has 1 aliphatic rings. The molecule has 0 atom stereocenters. The second-order valence-electron chi connectivity index (χ2n) is 7.42. The summed E-state index contributed by atoms with van der Waals surface area (Å²) in [4.78, 5) is 19.5. The number of rotatable bonds is 10. The zero-order chi connectivity index (χ0) is 20.5. The fraction of sp³-hybridized carbons (Fsp3) is 0.455. The van der Waals surface area contributed by atoms with Gasteiger partial charge in [0.1, 0.15) is 5.75 Å². The van der Waals surface area contributed by atoms with Gasteiger partial charge < -0.3 is 20.3 Å². The highest BCUT2D eigenvalue weighted by Crippen LogP contribution is 2.30. The molecule has 0 aliphatic heterocycles. The van der Waals surface area contributed by atoms with E-state index in [1.807, 2.05) is 24.3 Å². The zero-order valence-electron chi connectivity index (χ0n) is 17.6. The Kier molecular flexibility index (Phi) is 10.4. The molecule has 1 aromatic carbocycles. The molecule has 30 heavy (non-hydrogen) atoms. The Balaban J connectivity index is 0.00000320. The number of nitrogens with zero attached hydrogens (tertiary/aromatic N) is 2. The van der Waals surface area contributed by atoms with Crippen molar-refractivity contribution in [1.29, 1.82) is 0 Å². The second kappa shape index (κ2) is 12.8. The summed E-state index contributed by atoms with van der Waals surface area (Å²) in [7, 11) is 3.50. The van der Waals surface area contributed by atoms with Gasteiger partial charge in [-0.05, 0) is 42.7 Å². The van der Waals surface area contributed by atoms with Gasteiger partial charge in [0.2, 0.25) is 5.91 Å². The van der Waals surface area contributed by atoms with E-state index in [9.17, 15) is 4.79 Å². The van der Waals surface area contributed by atoms with E-state index in [1.165, 1.54) is 17.7 Å². The van der Waals surface area contributed by atoms with E-state index in [1.54, 1.807) is 30.3 Å². The number of para-hydroxylation sites is 1. The fourth-order valence-electron chi connectivity index (χ4n) is 2.68. The minimum Gasteiger partial charge on any atom is -0.493 e. The molecular formula is C22H31IN4O2S. The highest BCUT2D eigenvalue weighted by molar-refractivity contribution is 14.0. The van der Waals surface area contributed by atoms with Gasteiger partial charge in [-0.25, -0.2) is 4.99 Å². The lowest BCUT2D eigenvalue weighted by Crippen LogP contribution is -2.43. The number of hydrogen-bond acceptors (Lipinski definition) is 4. The summed E-state index contributed by atoms with van der Waals surface area (Å²) < 4.78 is 5.98. The zero-order valence-corrected chi connectivity index (χ0v) is 20.7. The van der Waals surface area contributed by atoms with Crippen LogP contribution in [0.25, 0.3) is 0 Å². The van der Waals surface area contributed by atoms with Crippen LogP contribution in [0.4, 0.5) is 0 Å². The molecule has 6 nitrogen and oxygen atoms in total. The molecule has 1 aliphatic carbocycles. The molecule has 0 spiro atoms. The average molecular weight is 542 g/mol. The Morgan fingerprint density at radius 2 is 2.00 bits per heavy atom. The molecule has 164 valence electrons. The van der Waals surface area contributed by atoms with Gasteiger partial charge in [-0.15, -0.1) is 35.3 Å². The Morgan fingerprint density at radius 1 is 1.20 bits per heavy atom. The van der Waals surface area contributed by atoms with Crippen molar-refractivity contribution in [3.05, 3.63) is 52.2 Å². The van der Waals surface area contributed by atoms with Gasteiger partial charge >= 0.3 is 0 Å². The fourth-order valence-corrected chi connectivity index (χ4v) is 3.39. The second-order valence-corrected chi connectivity index (χ2v) is 8.46. The predicted molar refractivity (Wildman–Crippen MR) is 134 cm³/mol. The lowest BCUT2D eigenvalue weighted by atomic mass is 10.2. The molecule has 0 saturated heterocycles. The minimum atomic E-state index is 0. The maximum atomic E-state index is 12.0. The maximum Gasteiger partial charge on any atom is 0.241 e. The number of ether oxygens (including phenoxy) is 1. The topological polar surface area (TPSA) is 66.0 Å². The van der Waals surface area contributed by atoms with Crippen molar-refractivity contribution in [2.45, 2.75) is 25.8 Å². The van der Waals surface area contributed by atoms with Crippen LogP contribution in [-0.4, -0.2) is 50.6 Å². The first-order valence-corrected chi connectivity index (χ1v) is 10.9. The molecule has 1 heterocycles. The number of thiophene rings is 1. The predicted octanol–water partition coefficient (Wildman–Crippen LogP) is 3.52. The third kappa shape index (κ3) is 8.51. The monoisotopic (exact) mass is 542 g/mol. The number of halogens is 1. The van der Waals surface area contributed by atoms with Crippen LogP contribution in [0.3, 0.4) is 0 Å². The molecule has 2 aromatic rings. The largest absolute Gasteiger partial charge is 0.493 e. The Hall–Kier alpha value is -1.81. The van der Waals surface area contributed by atoms with Crippen molar-refractivity contribution in [2.75, 3.05) is 33.8 Å². The third-order valence-electron chi connectivity index (χ3n) is 4.70. The number of guanidine groups is 1. The van der Waals surface area contributed by atoms with Crippen molar-refractivity contribution in [2.24, 2.45) is 10.9 Å². The van der Waals surface area contributed by atoms with Crippen LogP contribution in [0.2, 0.25) is 0 Å². The molecule has 1 amide bonds. The molecule has 2 N–H and O–H groups in total. The van der Waals surface area contributed by atoms with Crippen molar-refractivity contribution in [1.82, 2.24) is 15.5 Å². The standard InChI is InChI=1S/C22H30N4O2S.HI/c1-26(2)21(27)15-25-22(23-12-11-19-7-5-13-29-19)24-14-18-6-3-4-8-20(18)28-16-17-9-10-17;/h3-8,13,17H,9-12,14-16H2,1-2H3,(H2,23,24,25);1H. The summed E-state index contributed by atoms with van der Waals surface area (Å²) in [6.45, 7) is 2.23. The maximum absolute atomic E-state index is 12.0. The summed E-state index contributed by atoms with van der Waals surface area (Å²) in [5.74, 6) is 2.24. The Bertz CT molecular complexity index is 807. The first-order chi connectivity index (χ1) is 14.1. The van der Waals surface area contributed by atoms with Crippen LogP contribution >= 0.6 is 35.3 Å². The van der Waals surface area contributed by atoms with Gasteiger partial charge in [0, 0.05) is 31.1 Å². The van der Waals surface area contributed by atoms with E-state index in [4.69, 9.17) is 9.73 Å². The van der Waals surface area contributed by atoms with E-state index in [-0.39, 0.29) is 36.4 Å². The van der Waals surface area contributed by atoms with Gasteiger partial charge in [-0.2, -0.15) is 0 Å². The van der Waals surface area contributed by atoms with Crippen LogP contribution in [-0.2, 0) is 17.8 Å². The lowest BCUT2D eigenvalue weighted by Gasteiger charge is -2.15. The van der Waals surface area contributed by atoms with Gasteiger partial charge in [0.25, 0.3) is 0 Å². The smallest absolute Gasteiger partial charge is 0.241 e. The van der Waals surface area contributed by atoms with E-state index in [0.29, 0.717) is 18.4 Å². The molecule has 1 fully saturated rings. The Labute approximate surface area is 200 Å². The van der Waals surface area contributed by atoms with Crippen LogP contribution in [0.15, 0.2) is 46.8 Å². The van der Waals surface area contributed by atoms with E-state index >= 15 is 0 Å². The van der Waals surface area contributed by atoms with Crippen molar-refractivity contribution in [3.8, 4) is 5.75 Å². The minimum absolute atomic E-state index is 0. The van der Waals surface area contributed by atoms with Crippen molar-refractivity contribution >= 4 is 47.2 Å². The van der Waals surface area contributed by atoms with Gasteiger partial charge in [0.05, 0.1) is 19.7 Å². The number of hydrogen-bond donors (Lipinski definition) is 2. The van der Waals surface area contributed by atoms with E-state index in [2.05, 4.69) is 28.1 Å². The molecule has 0 unspecified atom stereocenters. The van der Waals surface area contributed by atoms with Crippen molar-refractivity contribution < 1.29 is 9.53 Å². The van der Waals surface area contributed by atoms with Gasteiger partial charge in [-0.1, -0.05) is 24.3 Å². The molecule has 1 aromatic heterocycles. The van der Waals surface area contributed by atoms with Crippen LogP contribution in [0.5, 0.6) is 5.75 Å². The van der Waals surface area contributed by atoms with Gasteiger partial charge in [0.15, 0.2) is 5.96 Å². The number of amides is 1. The number of aliphatic imine (C=N–C) groups is 1. The van der Waals surface area contributed by atoms with Crippen molar-refractivity contribution in [3.63, 3.8) is 0 Å². The Morgan fingerprint density at radius 3 is 2.70 bits per heavy atom. The first kappa shape index (κ1) is 24.5. The van der Waals surface area contributed by atoms with E-state index in [0.717, 1.165) is 30.9 Å². The molecule has 1 saturated carbocycles. The van der Waals surface area contributed by atoms with Crippen LogP contribution in [0.1, 0.15) is 23.3 Å². The van der Waals surface area contributed by atoms with E-state index < -0.39 is 0 Å². The SMILES string of the molecule is CN(C)C(=O)CNC(=NCc1ccccc1OCC1CC1)NCCc1cccs1.I. The molecular weight excluding hydrogens is 511 g/mol. The lowest BCUT2D eigenvalue weighted by molar-refractivity contribution is -0.127. The summed E-state index contributed by atoms with van der Waals surface area (Å²) >= 11 is 1.74. The van der Waals surface area contributed by atoms with Crippen LogP contribution < -0.4 is 15.4 Å². The van der Waals surface area contributed by atoms with Crippen LogP contribution in [0, 0.1) is 5.92 Å². The summed E-state index contributed by atoms with van der Waals surface area (Å²) in [5.41, 5.74) is 1.05. The third-order valence-corrected chi connectivity index (χ3v) is 5.64. The van der Waals surface area contributed by atoms with Gasteiger partial charge in [-0.3, -0.25) is 4.79 Å². The number of likely N-dealkylation sites (N-methyl/N-ethyl adjacent to an activating group) is 1. The molecule has 3 rings (SSSR count). The normalized spacial score (nSPS) is 13.3. The number of carbonyl (C=O) groups excluding carboxylic acids is 1. The first-order valence-electron chi connectivity index (χ1n) is 10.1. The number of benzene rings is 1. The number of nitrogens with one attached hydrogen (secondary N) is 2. The molecule has 0 bridgehead atoms. The molecule has 0 radical (unpaired) electrons. The molecule has 8 heteroatoms. The average Bonchev–Trinajstić information content (AvgIpc) is 3.41. The number of carbonyl (C=O) groups is 1. The highest BCUT2D eigenvalue weighted by atomic mass is 127. The quantitative estimate of drug-likeness (QED) is 0.274. The summed E-state index contributed by atoms with van der Waals surface area (Å²) in [5, 5.41) is 8.56.